The molecule has 0 aliphatic carbocycles. The van der Waals surface area contributed by atoms with Crippen molar-refractivity contribution in [3.8, 4) is 5.75 Å². The second-order valence-electron chi connectivity index (χ2n) is 6.55. The van der Waals surface area contributed by atoms with Gasteiger partial charge in [0.25, 0.3) is 0 Å². The Morgan fingerprint density at radius 3 is 2.30 bits per heavy atom. The molecule has 4 aromatic rings. The summed E-state index contributed by atoms with van der Waals surface area (Å²) >= 11 is 0. The van der Waals surface area contributed by atoms with Crippen LogP contribution >= 0.6 is 0 Å². The molecule has 0 N–H and O–H groups in total. The summed E-state index contributed by atoms with van der Waals surface area (Å²) in [6, 6.07) is 28.6. The highest BCUT2D eigenvalue weighted by Crippen LogP contribution is 2.41. The number of aliphatic imine (C=N–C) groups is 1. The standard InChI is InChI=1S/C24H16FNO/c25-19-13-10-18(11-14-19)24-26-23(17-7-2-1-3-8-17)22-20-9-5-4-6-16(20)12-15-21(22)27-24/h1-15,23H. The van der Waals surface area contributed by atoms with E-state index in [0.717, 1.165) is 33.2 Å². The summed E-state index contributed by atoms with van der Waals surface area (Å²) in [5.41, 5.74) is 2.92. The summed E-state index contributed by atoms with van der Waals surface area (Å²) in [5.74, 6) is 1.02. The largest absolute Gasteiger partial charge is 0.438 e. The van der Waals surface area contributed by atoms with Crippen LogP contribution in [0.1, 0.15) is 22.7 Å². The molecule has 0 bridgehead atoms. The van der Waals surface area contributed by atoms with Gasteiger partial charge in [-0.2, -0.15) is 0 Å². The second-order valence-corrected chi connectivity index (χ2v) is 6.55. The van der Waals surface area contributed by atoms with Crippen molar-refractivity contribution >= 4 is 16.7 Å². The highest BCUT2D eigenvalue weighted by atomic mass is 19.1. The van der Waals surface area contributed by atoms with Crippen LogP contribution in [-0.2, 0) is 0 Å². The molecule has 2 nitrogen and oxygen atoms in total. The normalized spacial score (nSPS) is 15.7. The maximum absolute atomic E-state index is 13.3. The minimum Gasteiger partial charge on any atom is -0.438 e. The van der Waals surface area contributed by atoms with Gasteiger partial charge in [0.1, 0.15) is 17.6 Å². The number of rotatable bonds is 2. The van der Waals surface area contributed by atoms with Crippen LogP contribution in [-0.4, -0.2) is 5.90 Å². The Bertz CT molecular complexity index is 1150. The van der Waals surface area contributed by atoms with Gasteiger partial charge in [0.05, 0.1) is 0 Å². The molecule has 3 heteroatoms. The maximum Gasteiger partial charge on any atom is 0.222 e. The minimum atomic E-state index is -0.277. The molecular weight excluding hydrogens is 337 g/mol. The lowest BCUT2D eigenvalue weighted by atomic mass is 9.92. The van der Waals surface area contributed by atoms with Gasteiger partial charge < -0.3 is 4.74 Å². The van der Waals surface area contributed by atoms with Crippen LogP contribution in [0.5, 0.6) is 5.75 Å². The molecular formula is C24H16FNO. The van der Waals surface area contributed by atoms with Crippen molar-refractivity contribution < 1.29 is 9.13 Å². The van der Waals surface area contributed by atoms with Crippen molar-refractivity contribution in [1.29, 1.82) is 0 Å². The van der Waals surface area contributed by atoms with E-state index in [1.54, 1.807) is 12.1 Å². The SMILES string of the molecule is Fc1ccc(C2=NC(c3ccccc3)c3c(ccc4ccccc34)O2)cc1. The van der Waals surface area contributed by atoms with Crippen molar-refractivity contribution in [1.82, 2.24) is 0 Å². The van der Waals surface area contributed by atoms with Gasteiger partial charge in [-0.1, -0.05) is 60.7 Å². The third kappa shape index (κ3) is 2.77. The van der Waals surface area contributed by atoms with Crippen LogP contribution in [0.4, 0.5) is 4.39 Å². The average Bonchev–Trinajstić information content (AvgIpc) is 2.74. The highest BCUT2D eigenvalue weighted by Gasteiger charge is 2.27. The molecule has 0 aromatic heterocycles. The average molecular weight is 353 g/mol. The number of fused-ring (bicyclic) bond motifs is 3. The number of hydrogen-bond donors (Lipinski definition) is 0. The zero-order valence-electron chi connectivity index (χ0n) is 14.5. The van der Waals surface area contributed by atoms with Gasteiger partial charge in [-0.15, -0.1) is 0 Å². The first-order chi connectivity index (χ1) is 13.3. The smallest absolute Gasteiger partial charge is 0.222 e. The van der Waals surface area contributed by atoms with E-state index < -0.39 is 0 Å². The molecule has 1 aliphatic rings. The summed E-state index contributed by atoms with van der Waals surface area (Å²) in [6.45, 7) is 0. The van der Waals surface area contributed by atoms with E-state index in [2.05, 4.69) is 30.3 Å². The molecule has 0 amide bonds. The van der Waals surface area contributed by atoms with E-state index in [-0.39, 0.29) is 11.9 Å². The molecule has 130 valence electrons. The third-order valence-corrected chi connectivity index (χ3v) is 4.86. The Morgan fingerprint density at radius 2 is 1.48 bits per heavy atom. The first-order valence-corrected chi connectivity index (χ1v) is 8.88. The fraction of sp³-hybridized carbons (Fsp3) is 0.0417. The van der Waals surface area contributed by atoms with Gasteiger partial charge in [-0.3, -0.25) is 0 Å². The molecule has 1 heterocycles. The van der Waals surface area contributed by atoms with Crippen LogP contribution in [0.25, 0.3) is 10.8 Å². The molecule has 1 atom stereocenters. The molecule has 4 aromatic carbocycles. The zero-order valence-corrected chi connectivity index (χ0v) is 14.5. The quantitative estimate of drug-likeness (QED) is 0.439. The summed E-state index contributed by atoms with van der Waals surface area (Å²) in [7, 11) is 0. The fourth-order valence-corrected chi connectivity index (χ4v) is 3.56. The first-order valence-electron chi connectivity index (χ1n) is 8.88. The molecule has 0 radical (unpaired) electrons. The Morgan fingerprint density at radius 1 is 0.741 bits per heavy atom. The Hall–Kier alpha value is -3.46. The van der Waals surface area contributed by atoms with Gasteiger partial charge in [-0.25, -0.2) is 9.38 Å². The van der Waals surface area contributed by atoms with Gasteiger partial charge in [-0.05, 0) is 46.7 Å². The molecule has 27 heavy (non-hydrogen) atoms. The second kappa shape index (κ2) is 6.36. The minimum absolute atomic E-state index is 0.180. The molecule has 5 rings (SSSR count). The lowest BCUT2D eigenvalue weighted by molar-refractivity contribution is 0.514. The number of nitrogens with zero attached hydrogens (tertiary/aromatic N) is 1. The molecule has 0 saturated carbocycles. The van der Waals surface area contributed by atoms with E-state index in [1.165, 1.54) is 12.1 Å². The number of benzene rings is 4. The van der Waals surface area contributed by atoms with Crippen molar-refractivity contribution in [2.75, 3.05) is 0 Å². The summed E-state index contributed by atoms with van der Waals surface area (Å²) in [4.78, 5) is 4.92. The van der Waals surface area contributed by atoms with Gasteiger partial charge >= 0.3 is 0 Å². The van der Waals surface area contributed by atoms with Crippen LogP contribution in [0.3, 0.4) is 0 Å². The van der Waals surface area contributed by atoms with Gasteiger partial charge in [0.2, 0.25) is 5.90 Å². The maximum atomic E-state index is 13.3. The van der Waals surface area contributed by atoms with Crippen LogP contribution < -0.4 is 4.74 Å². The topological polar surface area (TPSA) is 21.6 Å². The Labute approximate surface area is 156 Å². The van der Waals surface area contributed by atoms with Crippen molar-refractivity contribution in [2.24, 2.45) is 4.99 Å². The molecule has 0 fully saturated rings. The van der Waals surface area contributed by atoms with Crippen molar-refractivity contribution in [3.05, 3.63) is 114 Å². The highest BCUT2D eigenvalue weighted by molar-refractivity contribution is 5.99. The molecule has 1 unspecified atom stereocenters. The van der Waals surface area contributed by atoms with Crippen LogP contribution in [0.2, 0.25) is 0 Å². The number of ether oxygens (including phenoxy) is 1. The van der Waals surface area contributed by atoms with Gasteiger partial charge in [0.15, 0.2) is 0 Å². The molecule has 0 saturated heterocycles. The lowest BCUT2D eigenvalue weighted by Crippen LogP contribution is -2.19. The first kappa shape index (κ1) is 15.8. The van der Waals surface area contributed by atoms with Crippen LogP contribution in [0.15, 0.2) is 96.0 Å². The Kier molecular flexibility index (Phi) is 3.72. The Balaban J connectivity index is 1.74. The van der Waals surface area contributed by atoms with Crippen molar-refractivity contribution in [3.63, 3.8) is 0 Å². The molecule has 1 aliphatic heterocycles. The summed E-state index contributed by atoms with van der Waals surface area (Å²) in [6.07, 6.45) is 0. The van der Waals surface area contributed by atoms with E-state index in [0.29, 0.717) is 5.90 Å². The van der Waals surface area contributed by atoms with E-state index >= 15 is 0 Å². The van der Waals surface area contributed by atoms with E-state index in [9.17, 15) is 4.39 Å². The zero-order chi connectivity index (χ0) is 18.2. The monoisotopic (exact) mass is 353 g/mol. The molecule has 0 spiro atoms. The van der Waals surface area contributed by atoms with Gasteiger partial charge in [0, 0.05) is 11.1 Å². The summed E-state index contributed by atoms with van der Waals surface area (Å²) in [5, 5.41) is 2.28. The number of halogens is 1. The van der Waals surface area contributed by atoms with E-state index in [1.807, 2.05) is 36.4 Å². The third-order valence-electron chi connectivity index (χ3n) is 4.86. The predicted octanol–water partition coefficient (Wildman–Crippen LogP) is 5.91. The number of hydrogen-bond acceptors (Lipinski definition) is 2. The van der Waals surface area contributed by atoms with E-state index in [4.69, 9.17) is 9.73 Å². The van der Waals surface area contributed by atoms with Crippen molar-refractivity contribution in [2.45, 2.75) is 6.04 Å². The lowest BCUT2D eigenvalue weighted by Gasteiger charge is -2.26. The van der Waals surface area contributed by atoms with Crippen LogP contribution in [0, 0.1) is 5.82 Å². The predicted molar refractivity (Wildman–Crippen MR) is 106 cm³/mol. The summed E-state index contributed by atoms with van der Waals surface area (Å²) < 4.78 is 19.5. The fourth-order valence-electron chi connectivity index (χ4n) is 3.56.